The molecule has 1 aromatic rings. The molecular formula is C21H19N4NaO5. The SMILES string of the molecule is CC(=O)N1CC2CC(/C=C3\CCN(c4cccnc4)C3=O)=C(C(=O)[O-])N3C(=O)C1[C@@H]23.[Na+]. The third-order valence-electron chi connectivity index (χ3n) is 6.42. The Morgan fingerprint density at radius 2 is 2.06 bits per heavy atom. The largest absolute Gasteiger partial charge is 1.00 e. The molecule has 0 aromatic carbocycles. The number of anilines is 1. The molecule has 3 amide bonds. The maximum atomic E-state index is 12.9. The Morgan fingerprint density at radius 3 is 2.71 bits per heavy atom. The number of carboxylic acid groups (broad SMARTS) is 1. The Bertz CT molecular complexity index is 1050. The van der Waals surface area contributed by atoms with E-state index in [2.05, 4.69) is 4.98 Å². The van der Waals surface area contributed by atoms with Crippen molar-refractivity contribution in [1.29, 1.82) is 0 Å². The van der Waals surface area contributed by atoms with Gasteiger partial charge in [0.05, 0.1) is 29.6 Å². The molecule has 0 radical (unpaired) electrons. The monoisotopic (exact) mass is 430 g/mol. The van der Waals surface area contributed by atoms with Crippen molar-refractivity contribution in [2.75, 3.05) is 18.0 Å². The second-order valence-electron chi connectivity index (χ2n) is 8.03. The molecule has 0 N–H and O–H groups in total. The van der Waals surface area contributed by atoms with Crippen LogP contribution in [-0.2, 0) is 19.2 Å². The van der Waals surface area contributed by atoms with Gasteiger partial charge in [0, 0.05) is 37.7 Å². The molecule has 5 rings (SSSR count). The molecule has 0 bridgehead atoms. The van der Waals surface area contributed by atoms with Crippen LogP contribution >= 0.6 is 0 Å². The van der Waals surface area contributed by atoms with Gasteiger partial charge >= 0.3 is 29.6 Å². The summed E-state index contributed by atoms with van der Waals surface area (Å²) in [5.74, 6) is -2.31. The van der Waals surface area contributed by atoms with E-state index in [0.29, 0.717) is 42.8 Å². The number of nitrogens with zero attached hydrogens (tertiary/aromatic N) is 4. The van der Waals surface area contributed by atoms with Crippen LogP contribution in [0.15, 0.2) is 47.4 Å². The molecule has 1 aromatic heterocycles. The topological polar surface area (TPSA) is 114 Å². The second-order valence-corrected chi connectivity index (χ2v) is 8.03. The number of rotatable bonds is 3. The predicted octanol–water partition coefficient (Wildman–Crippen LogP) is -3.79. The number of likely N-dealkylation sites (tertiary alicyclic amines) is 1. The van der Waals surface area contributed by atoms with Crippen LogP contribution in [0.25, 0.3) is 0 Å². The first-order valence-electron chi connectivity index (χ1n) is 9.85. The smallest absolute Gasteiger partial charge is 0.543 e. The summed E-state index contributed by atoms with van der Waals surface area (Å²) < 4.78 is 0. The summed E-state index contributed by atoms with van der Waals surface area (Å²) in [4.78, 5) is 57.8. The molecular weight excluding hydrogens is 411 g/mol. The number of carboxylic acids is 1. The molecule has 5 heterocycles. The van der Waals surface area contributed by atoms with Crippen LogP contribution in [0.5, 0.6) is 0 Å². The van der Waals surface area contributed by atoms with Gasteiger partial charge in [-0.2, -0.15) is 0 Å². The molecule has 10 heteroatoms. The summed E-state index contributed by atoms with van der Waals surface area (Å²) in [5, 5.41) is 11.9. The molecule has 4 aliphatic rings. The standard InChI is InChI=1S/C21H20N4O5.Na/c1-11(26)24-10-14-8-13(17(21(29)30)25-16(14)18(24)20(25)28)7-12-4-6-23(19(12)27)15-3-2-5-22-9-15;/h2-3,5,7,9,14,16,18H,4,6,8,10H2,1H3,(H,29,30);/q;+1/p-1/b12-7+;/t14?,16-,18?;/m1./s1. The van der Waals surface area contributed by atoms with Crippen molar-refractivity contribution in [3.63, 3.8) is 0 Å². The van der Waals surface area contributed by atoms with E-state index in [1.54, 1.807) is 35.5 Å². The van der Waals surface area contributed by atoms with E-state index in [-0.39, 0.29) is 59.0 Å². The number of hydrogen-bond donors (Lipinski definition) is 0. The zero-order chi connectivity index (χ0) is 21.2. The first-order chi connectivity index (χ1) is 14.4. The molecule has 4 aliphatic heterocycles. The number of carbonyl (C=O) groups is 4. The van der Waals surface area contributed by atoms with Gasteiger partial charge < -0.3 is 24.6 Å². The summed E-state index contributed by atoms with van der Waals surface area (Å²) in [6.07, 6.45) is 5.66. The third kappa shape index (κ3) is 3.22. The minimum atomic E-state index is -1.44. The van der Waals surface area contributed by atoms with Crippen LogP contribution in [0.1, 0.15) is 19.8 Å². The quantitative estimate of drug-likeness (QED) is 0.276. The Labute approximate surface area is 200 Å². The summed E-state index contributed by atoms with van der Waals surface area (Å²) in [5.41, 5.74) is 1.39. The molecule has 0 aliphatic carbocycles. The van der Waals surface area contributed by atoms with Gasteiger partial charge in [-0.25, -0.2) is 0 Å². The van der Waals surface area contributed by atoms with E-state index in [0.717, 1.165) is 0 Å². The molecule has 3 fully saturated rings. The van der Waals surface area contributed by atoms with Crippen molar-refractivity contribution in [3.8, 4) is 0 Å². The van der Waals surface area contributed by atoms with Crippen LogP contribution in [-0.4, -0.2) is 63.6 Å². The maximum Gasteiger partial charge on any atom is 1.00 e. The Hall–Kier alpha value is -2.49. The van der Waals surface area contributed by atoms with Crippen LogP contribution in [0.4, 0.5) is 5.69 Å². The average molecular weight is 430 g/mol. The van der Waals surface area contributed by atoms with Crippen molar-refractivity contribution in [1.82, 2.24) is 14.8 Å². The van der Waals surface area contributed by atoms with Crippen molar-refractivity contribution < 1.29 is 53.8 Å². The van der Waals surface area contributed by atoms with Gasteiger partial charge in [-0.15, -0.1) is 0 Å². The second kappa shape index (κ2) is 7.89. The zero-order valence-electron chi connectivity index (χ0n) is 17.3. The summed E-state index contributed by atoms with van der Waals surface area (Å²) in [6.45, 7) is 2.28. The number of allylic oxidation sites excluding steroid dienone is 2. The maximum absolute atomic E-state index is 12.9. The van der Waals surface area contributed by atoms with E-state index in [1.807, 2.05) is 0 Å². The molecule has 2 unspecified atom stereocenters. The number of pyridine rings is 1. The fraction of sp³-hybridized carbons (Fsp3) is 0.381. The number of β-lactam (4-membered cyclic amide) rings is 1. The fourth-order valence-electron chi connectivity index (χ4n) is 5.13. The van der Waals surface area contributed by atoms with Crippen molar-refractivity contribution in [3.05, 3.63) is 47.4 Å². The van der Waals surface area contributed by atoms with Crippen LogP contribution < -0.4 is 39.6 Å². The van der Waals surface area contributed by atoms with Crippen LogP contribution in [0.2, 0.25) is 0 Å². The van der Waals surface area contributed by atoms with E-state index >= 15 is 0 Å². The van der Waals surface area contributed by atoms with Crippen molar-refractivity contribution in [2.45, 2.75) is 31.8 Å². The Kier molecular flexibility index (Phi) is 5.53. The normalized spacial score (nSPS) is 28.0. The number of hydrogen-bond acceptors (Lipinski definition) is 6. The minimum absolute atomic E-state index is 0. The van der Waals surface area contributed by atoms with E-state index < -0.39 is 17.9 Å². The molecule has 3 atom stereocenters. The summed E-state index contributed by atoms with van der Waals surface area (Å²) in [7, 11) is 0. The number of aliphatic carboxylic acids is 1. The molecule has 3 saturated heterocycles. The minimum Gasteiger partial charge on any atom is -0.543 e. The molecule has 0 saturated carbocycles. The molecule has 31 heavy (non-hydrogen) atoms. The van der Waals surface area contributed by atoms with Gasteiger partial charge in [0.15, 0.2) is 0 Å². The summed E-state index contributed by atoms with van der Waals surface area (Å²) >= 11 is 0. The first-order valence-corrected chi connectivity index (χ1v) is 9.85. The van der Waals surface area contributed by atoms with Crippen molar-refractivity contribution in [2.24, 2.45) is 5.92 Å². The fourth-order valence-corrected chi connectivity index (χ4v) is 5.13. The number of carbonyl (C=O) groups excluding carboxylic acids is 4. The van der Waals surface area contributed by atoms with E-state index in [9.17, 15) is 24.3 Å². The third-order valence-corrected chi connectivity index (χ3v) is 6.42. The van der Waals surface area contributed by atoms with Gasteiger partial charge in [0.1, 0.15) is 6.04 Å². The van der Waals surface area contributed by atoms with Gasteiger partial charge in [0.25, 0.3) is 11.8 Å². The van der Waals surface area contributed by atoms with Gasteiger partial charge in [-0.1, -0.05) is 0 Å². The van der Waals surface area contributed by atoms with Gasteiger partial charge in [-0.3, -0.25) is 19.4 Å². The number of amides is 3. The predicted molar refractivity (Wildman–Crippen MR) is 101 cm³/mol. The van der Waals surface area contributed by atoms with E-state index in [4.69, 9.17) is 0 Å². The first kappa shape index (κ1) is 21.7. The Morgan fingerprint density at radius 1 is 1.29 bits per heavy atom. The summed E-state index contributed by atoms with van der Waals surface area (Å²) in [6, 6.07) is 2.61. The van der Waals surface area contributed by atoms with Crippen LogP contribution in [0, 0.1) is 5.92 Å². The Balaban J connectivity index is 0.00000231. The van der Waals surface area contributed by atoms with Gasteiger partial charge in [-0.05, 0) is 36.6 Å². The molecule has 0 spiro atoms. The zero-order valence-corrected chi connectivity index (χ0v) is 19.3. The van der Waals surface area contributed by atoms with Crippen molar-refractivity contribution >= 4 is 29.4 Å². The molecule has 154 valence electrons. The van der Waals surface area contributed by atoms with Gasteiger partial charge in [0.2, 0.25) is 5.91 Å². The molecule has 9 nitrogen and oxygen atoms in total. The van der Waals surface area contributed by atoms with E-state index in [1.165, 1.54) is 16.7 Å². The van der Waals surface area contributed by atoms with Crippen LogP contribution in [0.3, 0.4) is 0 Å². The number of aromatic nitrogens is 1. The average Bonchev–Trinajstić information content (AvgIpc) is 3.27.